The lowest BCUT2D eigenvalue weighted by molar-refractivity contribution is 0.414. The van der Waals surface area contributed by atoms with E-state index in [0.717, 1.165) is 11.6 Å². The number of nitrogens with one attached hydrogen (secondary N) is 1. The van der Waals surface area contributed by atoms with E-state index in [1.54, 1.807) is 19.2 Å². The van der Waals surface area contributed by atoms with Gasteiger partial charge in [-0.3, -0.25) is 0 Å². The van der Waals surface area contributed by atoms with E-state index in [1.807, 2.05) is 13.0 Å². The van der Waals surface area contributed by atoms with E-state index in [2.05, 4.69) is 5.32 Å². The lowest BCUT2D eigenvalue weighted by Gasteiger charge is -2.15. The summed E-state index contributed by atoms with van der Waals surface area (Å²) in [6.45, 7) is 2.34. The quantitative estimate of drug-likeness (QED) is 0.879. The fraction of sp³-hybridized carbons (Fsp3) is 0.250. The molecule has 2 aromatic rings. The molecule has 0 spiro atoms. The maximum absolute atomic E-state index is 13.7. The number of halogens is 3. The molecule has 1 unspecified atom stereocenters. The van der Waals surface area contributed by atoms with Gasteiger partial charge in [0.25, 0.3) is 0 Å². The highest BCUT2D eigenvalue weighted by Crippen LogP contribution is 2.25. The average molecular weight is 312 g/mol. The Hall–Kier alpha value is -1.65. The minimum atomic E-state index is -0.578. The van der Waals surface area contributed by atoms with Gasteiger partial charge in [0.15, 0.2) is 0 Å². The molecule has 0 fully saturated rings. The molecule has 0 radical (unpaired) electrons. The van der Waals surface area contributed by atoms with Crippen molar-refractivity contribution in [1.29, 1.82) is 0 Å². The molecule has 0 saturated heterocycles. The fourth-order valence-electron chi connectivity index (χ4n) is 2.05. The van der Waals surface area contributed by atoms with Gasteiger partial charge in [0.1, 0.15) is 17.4 Å². The van der Waals surface area contributed by atoms with Crippen LogP contribution in [0.3, 0.4) is 0 Å². The first-order chi connectivity index (χ1) is 10.0. The molecular formula is C16H16ClF2NO. The Balaban J connectivity index is 2.03. The molecule has 112 valence electrons. The van der Waals surface area contributed by atoms with E-state index in [0.29, 0.717) is 22.9 Å². The van der Waals surface area contributed by atoms with Crippen molar-refractivity contribution in [1.82, 2.24) is 5.32 Å². The Morgan fingerprint density at radius 1 is 1.19 bits per heavy atom. The van der Waals surface area contributed by atoms with Crippen LogP contribution in [0.4, 0.5) is 8.78 Å². The summed E-state index contributed by atoms with van der Waals surface area (Å²) >= 11 is 6.05. The van der Waals surface area contributed by atoms with Crippen molar-refractivity contribution in [3.8, 4) is 5.75 Å². The van der Waals surface area contributed by atoms with E-state index in [-0.39, 0.29) is 6.04 Å². The average Bonchev–Trinajstić information content (AvgIpc) is 2.45. The van der Waals surface area contributed by atoms with Crippen LogP contribution in [0, 0.1) is 11.6 Å². The van der Waals surface area contributed by atoms with Gasteiger partial charge in [0, 0.05) is 24.2 Å². The van der Waals surface area contributed by atoms with Crippen LogP contribution in [0.5, 0.6) is 5.75 Å². The Bertz CT molecular complexity index is 634. The van der Waals surface area contributed by atoms with Gasteiger partial charge in [-0.2, -0.15) is 0 Å². The molecule has 0 aliphatic heterocycles. The predicted molar refractivity (Wildman–Crippen MR) is 79.6 cm³/mol. The molecule has 21 heavy (non-hydrogen) atoms. The summed E-state index contributed by atoms with van der Waals surface area (Å²) < 4.78 is 31.6. The van der Waals surface area contributed by atoms with E-state index < -0.39 is 11.6 Å². The van der Waals surface area contributed by atoms with Gasteiger partial charge in [0.2, 0.25) is 0 Å². The van der Waals surface area contributed by atoms with Gasteiger partial charge >= 0.3 is 0 Å². The van der Waals surface area contributed by atoms with Crippen molar-refractivity contribution in [3.63, 3.8) is 0 Å². The first kappa shape index (κ1) is 15.7. The Labute approximate surface area is 127 Å². The first-order valence-corrected chi connectivity index (χ1v) is 6.90. The molecule has 1 N–H and O–H groups in total. The molecule has 0 aliphatic carbocycles. The van der Waals surface area contributed by atoms with Crippen LogP contribution in [0.2, 0.25) is 5.02 Å². The van der Waals surface area contributed by atoms with Crippen molar-refractivity contribution >= 4 is 11.6 Å². The van der Waals surface area contributed by atoms with Crippen LogP contribution in [0.1, 0.15) is 24.1 Å². The normalized spacial score (nSPS) is 12.2. The molecule has 2 aromatic carbocycles. The van der Waals surface area contributed by atoms with E-state index in [9.17, 15) is 8.78 Å². The van der Waals surface area contributed by atoms with Gasteiger partial charge in [0.05, 0.1) is 12.1 Å². The summed E-state index contributed by atoms with van der Waals surface area (Å²) in [5.74, 6) is -0.522. The van der Waals surface area contributed by atoms with Gasteiger partial charge in [-0.15, -0.1) is 0 Å². The van der Waals surface area contributed by atoms with Crippen LogP contribution in [0.25, 0.3) is 0 Å². The minimum absolute atomic E-state index is 0.244. The number of benzene rings is 2. The van der Waals surface area contributed by atoms with Crippen LogP contribution >= 0.6 is 11.6 Å². The zero-order chi connectivity index (χ0) is 15.4. The number of hydrogen-bond donors (Lipinski definition) is 1. The lowest BCUT2D eigenvalue weighted by atomic mass is 10.1. The molecule has 0 aromatic heterocycles. The highest BCUT2D eigenvalue weighted by molar-refractivity contribution is 6.32. The number of rotatable bonds is 5. The predicted octanol–water partition coefficient (Wildman–Crippen LogP) is 4.48. The SMILES string of the molecule is COc1ccc(CNC(C)c2ccc(F)cc2F)cc1Cl. The smallest absolute Gasteiger partial charge is 0.137 e. The standard InChI is InChI=1S/C16H16ClF2NO/c1-10(13-5-4-12(18)8-15(13)19)20-9-11-3-6-16(21-2)14(17)7-11/h3-8,10,20H,9H2,1-2H3. The zero-order valence-electron chi connectivity index (χ0n) is 11.8. The van der Waals surface area contributed by atoms with Crippen molar-refractivity contribution in [2.45, 2.75) is 19.5 Å². The lowest BCUT2D eigenvalue weighted by Crippen LogP contribution is -2.19. The van der Waals surface area contributed by atoms with Crippen molar-refractivity contribution in [3.05, 3.63) is 64.2 Å². The molecule has 0 bridgehead atoms. The molecule has 0 aliphatic rings. The van der Waals surface area contributed by atoms with Crippen molar-refractivity contribution in [2.24, 2.45) is 0 Å². The van der Waals surface area contributed by atoms with E-state index in [4.69, 9.17) is 16.3 Å². The molecule has 0 heterocycles. The topological polar surface area (TPSA) is 21.3 Å². The summed E-state index contributed by atoms with van der Waals surface area (Å²) in [6.07, 6.45) is 0. The maximum Gasteiger partial charge on any atom is 0.137 e. The maximum atomic E-state index is 13.7. The highest BCUT2D eigenvalue weighted by atomic mass is 35.5. The van der Waals surface area contributed by atoms with Gasteiger partial charge < -0.3 is 10.1 Å². The van der Waals surface area contributed by atoms with Crippen LogP contribution in [-0.2, 0) is 6.54 Å². The molecule has 1 atom stereocenters. The summed E-state index contributed by atoms with van der Waals surface area (Å²) in [5.41, 5.74) is 1.38. The second kappa shape index (κ2) is 6.87. The van der Waals surface area contributed by atoms with Gasteiger partial charge in [-0.1, -0.05) is 23.7 Å². The summed E-state index contributed by atoms with van der Waals surface area (Å²) in [6, 6.07) is 8.79. The second-order valence-corrected chi connectivity index (χ2v) is 5.14. The molecule has 0 saturated carbocycles. The Morgan fingerprint density at radius 2 is 1.95 bits per heavy atom. The number of ether oxygens (including phenoxy) is 1. The second-order valence-electron chi connectivity index (χ2n) is 4.74. The number of hydrogen-bond acceptors (Lipinski definition) is 2. The Morgan fingerprint density at radius 3 is 2.57 bits per heavy atom. The zero-order valence-corrected chi connectivity index (χ0v) is 12.5. The first-order valence-electron chi connectivity index (χ1n) is 6.52. The van der Waals surface area contributed by atoms with Crippen molar-refractivity contribution < 1.29 is 13.5 Å². The van der Waals surface area contributed by atoms with Gasteiger partial charge in [-0.25, -0.2) is 8.78 Å². The summed E-state index contributed by atoms with van der Waals surface area (Å²) in [4.78, 5) is 0. The molecule has 2 nitrogen and oxygen atoms in total. The minimum Gasteiger partial charge on any atom is -0.495 e. The van der Waals surface area contributed by atoms with Crippen LogP contribution in [0.15, 0.2) is 36.4 Å². The van der Waals surface area contributed by atoms with Gasteiger partial charge in [-0.05, 0) is 30.7 Å². The van der Waals surface area contributed by atoms with E-state index in [1.165, 1.54) is 12.1 Å². The molecule has 5 heteroatoms. The molecular weight excluding hydrogens is 296 g/mol. The third-order valence-corrected chi connectivity index (χ3v) is 3.55. The van der Waals surface area contributed by atoms with Crippen LogP contribution in [-0.4, -0.2) is 7.11 Å². The number of methoxy groups -OCH3 is 1. The summed E-state index contributed by atoms with van der Waals surface area (Å²) in [7, 11) is 1.55. The van der Waals surface area contributed by atoms with Crippen molar-refractivity contribution in [2.75, 3.05) is 7.11 Å². The monoisotopic (exact) mass is 311 g/mol. The largest absolute Gasteiger partial charge is 0.495 e. The van der Waals surface area contributed by atoms with E-state index >= 15 is 0 Å². The van der Waals surface area contributed by atoms with Crippen LogP contribution < -0.4 is 10.1 Å². The molecule has 0 amide bonds. The fourth-order valence-corrected chi connectivity index (χ4v) is 2.33. The molecule has 2 rings (SSSR count). The highest BCUT2D eigenvalue weighted by Gasteiger charge is 2.11. The summed E-state index contributed by atoms with van der Waals surface area (Å²) in [5, 5.41) is 3.70. The Kier molecular flexibility index (Phi) is 5.15. The third kappa shape index (κ3) is 3.93. The third-order valence-electron chi connectivity index (χ3n) is 3.26.